The van der Waals surface area contributed by atoms with Gasteiger partial charge in [-0.2, -0.15) is 0 Å². The Morgan fingerprint density at radius 3 is 2.74 bits per heavy atom. The number of hydrogen-bond donors (Lipinski definition) is 2. The van der Waals surface area contributed by atoms with Crippen LogP contribution in [0.2, 0.25) is 0 Å². The molecule has 0 saturated heterocycles. The molecule has 1 unspecified atom stereocenters. The molecule has 1 amide bonds. The molecule has 1 aromatic heterocycles. The standard InChI is InChI=1S/C14H22BrNO2S/c1-10(2)8-11(9-17)16-14(18)5-3-4-12-6-7-13(15)19-12/h6-7,10-11,17H,3-5,8-9H2,1-2H3,(H,16,18). The number of aryl methyl sites for hydroxylation is 1. The average molecular weight is 348 g/mol. The molecule has 5 heteroatoms. The summed E-state index contributed by atoms with van der Waals surface area (Å²) in [6.07, 6.45) is 3.11. The van der Waals surface area contributed by atoms with Gasteiger partial charge in [0.2, 0.25) is 5.91 Å². The van der Waals surface area contributed by atoms with E-state index in [0.29, 0.717) is 12.3 Å². The molecule has 0 aliphatic heterocycles. The number of aliphatic hydroxyl groups excluding tert-OH is 1. The Balaban J connectivity index is 2.23. The maximum atomic E-state index is 11.8. The second-order valence-electron chi connectivity index (χ2n) is 5.14. The van der Waals surface area contributed by atoms with Crippen molar-refractivity contribution in [1.82, 2.24) is 5.32 Å². The topological polar surface area (TPSA) is 49.3 Å². The van der Waals surface area contributed by atoms with E-state index < -0.39 is 0 Å². The van der Waals surface area contributed by atoms with Crippen LogP contribution in [0.4, 0.5) is 0 Å². The van der Waals surface area contributed by atoms with Crippen molar-refractivity contribution in [3.8, 4) is 0 Å². The third-order valence-electron chi connectivity index (χ3n) is 2.80. The first-order chi connectivity index (χ1) is 9.01. The summed E-state index contributed by atoms with van der Waals surface area (Å²) in [5.41, 5.74) is 0. The SMILES string of the molecule is CC(C)CC(CO)NC(=O)CCCc1ccc(Br)s1. The minimum atomic E-state index is -0.108. The minimum absolute atomic E-state index is 0.0157. The Hall–Kier alpha value is -0.390. The van der Waals surface area contributed by atoms with Gasteiger partial charge in [-0.15, -0.1) is 11.3 Å². The number of carbonyl (C=O) groups excluding carboxylic acids is 1. The van der Waals surface area contributed by atoms with Gasteiger partial charge in [0.25, 0.3) is 0 Å². The number of thiophene rings is 1. The molecule has 0 aliphatic carbocycles. The molecule has 0 fully saturated rings. The van der Waals surface area contributed by atoms with Crippen LogP contribution in [0, 0.1) is 5.92 Å². The van der Waals surface area contributed by atoms with Crippen molar-refractivity contribution in [2.24, 2.45) is 5.92 Å². The van der Waals surface area contributed by atoms with Gasteiger partial charge < -0.3 is 10.4 Å². The summed E-state index contributed by atoms with van der Waals surface area (Å²) >= 11 is 5.14. The van der Waals surface area contributed by atoms with Crippen LogP contribution in [-0.4, -0.2) is 23.7 Å². The van der Waals surface area contributed by atoms with E-state index in [0.717, 1.165) is 23.0 Å². The minimum Gasteiger partial charge on any atom is -0.394 e. The van der Waals surface area contributed by atoms with Crippen molar-refractivity contribution in [3.05, 3.63) is 20.8 Å². The zero-order valence-electron chi connectivity index (χ0n) is 11.5. The van der Waals surface area contributed by atoms with E-state index in [4.69, 9.17) is 0 Å². The van der Waals surface area contributed by atoms with Crippen molar-refractivity contribution in [1.29, 1.82) is 0 Å². The number of halogens is 1. The first kappa shape index (κ1) is 16.7. The summed E-state index contributed by atoms with van der Waals surface area (Å²) in [5, 5.41) is 12.1. The number of hydrogen-bond acceptors (Lipinski definition) is 3. The molecule has 0 spiro atoms. The van der Waals surface area contributed by atoms with E-state index in [1.807, 2.05) is 6.07 Å². The van der Waals surface area contributed by atoms with Gasteiger partial charge in [-0.1, -0.05) is 13.8 Å². The summed E-state index contributed by atoms with van der Waals surface area (Å²) in [7, 11) is 0. The molecule has 0 radical (unpaired) electrons. The van der Waals surface area contributed by atoms with Crippen molar-refractivity contribution in [2.45, 2.75) is 45.6 Å². The van der Waals surface area contributed by atoms with E-state index in [9.17, 15) is 9.90 Å². The number of carbonyl (C=O) groups is 1. The number of rotatable bonds is 8. The van der Waals surface area contributed by atoms with Gasteiger partial charge in [0, 0.05) is 11.3 Å². The molecule has 2 N–H and O–H groups in total. The van der Waals surface area contributed by atoms with Crippen LogP contribution in [0.25, 0.3) is 0 Å². The highest BCUT2D eigenvalue weighted by Crippen LogP contribution is 2.23. The van der Waals surface area contributed by atoms with Crippen LogP contribution < -0.4 is 5.32 Å². The lowest BCUT2D eigenvalue weighted by molar-refractivity contribution is -0.122. The lowest BCUT2D eigenvalue weighted by atomic mass is 10.0. The van der Waals surface area contributed by atoms with E-state index in [2.05, 4.69) is 41.2 Å². The molecule has 0 aliphatic rings. The normalized spacial score (nSPS) is 12.7. The predicted molar refractivity (Wildman–Crippen MR) is 83.4 cm³/mol. The molecule has 1 atom stereocenters. The smallest absolute Gasteiger partial charge is 0.220 e. The molecule has 1 aromatic rings. The third-order valence-corrected chi connectivity index (χ3v) is 4.48. The second-order valence-corrected chi connectivity index (χ2v) is 7.68. The number of nitrogens with one attached hydrogen (secondary N) is 1. The second kappa shape index (κ2) is 8.72. The molecule has 1 rings (SSSR count). The molecule has 108 valence electrons. The van der Waals surface area contributed by atoms with Gasteiger partial charge in [0.1, 0.15) is 0 Å². The predicted octanol–water partition coefficient (Wildman–Crippen LogP) is 3.36. The van der Waals surface area contributed by atoms with E-state index in [1.165, 1.54) is 4.88 Å². The van der Waals surface area contributed by atoms with E-state index in [1.54, 1.807) is 11.3 Å². The molecular weight excluding hydrogens is 326 g/mol. The average Bonchev–Trinajstić information content (AvgIpc) is 2.73. The zero-order valence-corrected chi connectivity index (χ0v) is 13.9. The summed E-state index contributed by atoms with van der Waals surface area (Å²) in [4.78, 5) is 13.1. The van der Waals surface area contributed by atoms with Crippen LogP contribution in [0.1, 0.15) is 38.0 Å². The Kier molecular flexibility index (Phi) is 7.64. The Morgan fingerprint density at radius 1 is 1.47 bits per heavy atom. The number of aliphatic hydroxyl groups is 1. The lowest BCUT2D eigenvalue weighted by Gasteiger charge is -2.18. The van der Waals surface area contributed by atoms with Crippen LogP contribution >= 0.6 is 27.3 Å². The number of amides is 1. The Bertz CT molecular complexity index is 393. The summed E-state index contributed by atoms with van der Waals surface area (Å²) in [5.74, 6) is 0.510. The first-order valence-corrected chi connectivity index (χ1v) is 8.26. The molecule has 19 heavy (non-hydrogen) atoms. The van der Waals surface area contributed by atoms with Crippen LogP contribution in [0.3, 0.4) is 0 Å². The van der Waals surface area contributed by atoms with Crippen molar-refractivity contribution in [2.75, 3.05) is 6.61 Å². The Morgan fingerprint density at radius 2 is 2.21 bits per heavy atom. The molecule has 3 nitrogen and oxygen atoms in total. The maximum Gasteiger partial charge on any atom is 0.220 e. The summed E-state index contributed by atoms with van der Waals surface area (Å²) < 4.78 is 1.13. The van der Waals surface area contributed by atoms with Gasteiger partial charge in [0.15, 0.2) is 0 Å². The lowest BCUT2D eigenvalue weighted by Crippen LogP contribution is -2.38. The Labute approximate surface area is 127 Å². The van der Waals surface area contributed by atoms with E-state index in [-0.39, 0.29) is 18.6 Å². The maximum absolute atomic E-state index is 11.8. The van der Waals surface area contributed by atoms with Crippen LogP contribution in [0.15, 0.2) is 15.9 Å². The fourth-order valence-corrected chi connectivity index (χ4v) is 3.48. The van der Waals surface area contributed by atoms with Gasteiger partial charge >= 0.3 is 0 Å². The van der Waals surface area contributed by atoms with Crippen molar-refractivity contribution >= 4 is 33.2 Å². The fourth-order valence-electron chi connectivity index (χ4n) is 1.96. The monoisotopic (exact) mass is 347 g/mol. The molecular formula is C14H22BrNO2S. The first-order valence-electron chi connectivity index (χ1n) is 6.65. The third kappa shape index (κ3) is 7.09. The largest absolute Gasteiger partial charge is 0.394 e. The van der Waals surface area contributed by atoms with E-state index >= 15 is 0 Å². The van der Waals surface area contributed by atoms with Gasteiger partial charge in [0.05, 0.1) is 16.4 Å². The van der Waals surface area contributed by atoms with Gasteiger partial charge in [-0.25, -0.2) is 0 Å². The highest BCUT2D eigenvalue weighted by atomic mass is 79.9. The van der Waals surface area contributed by atoms with Crippen LogP contribution in [0.5, 0.6) is 0 Å². The highest BCUT2D eigenvalue weighted by molar-refractivity contribution is 9.11. The summed E-state index contributed by atoms with van der Waals surface area (Å²) in [6, 6.07) is 4.01. The highest BCUT2D eigenvalue weighted by Gasteiger charge is 2.12. The van der Waals surface area contributed by atoms with Gasteiger partial charge in [-0.3, -0.25) is 4.79 Å². The molecule has 0 aromatic carbocycles. The summed E-state index contributed by atoms with van der Waals surface area (Å²) in [6.45, 7) is 4.19. The van der Waals surface area contributed by atoms with Crippen LogP contribution in [-0.2, 0) is 11.2 Å². The molecule has 1 heterocycles. The van der Waals surface area contributed by atoms with Crippen molar-refractivity contribution in [3.63, 3.8) is 0 Å². The van der Waals surface area contributed by atoms with Gasteiger partial charge in [-0.05, 0) is 53.2 Å². The van der Waals surface area contributed by atoms with Crippen molar-refractivity contribution < 1.29 is 9.90 Å². The zero-order chi connectivity index (χ0) is 14.3. The molecule has 0 saturated carbocycles. The molecule has 0 bridgehead atoms. The quantitative estimate of drug-likeness (QED) is 0.757. The fraction of sp³-hybridized carbons (Fsp3) is 0.643.